The molecule has 3 aliphatic heterocycles. The van der Waals surface area contributed by atoms with Gasteiger partial charge in [0.15, 0.2) is 0 Å². The van der Waals surface area contributed by atoms with E-state index in [4.69, 9.17) is 0 Å². The fourth-order valence-corrected chi connectivity index (χ4v) is 3.96. The van der Waals surface area contributed by atoms with Crippen molar-refractivity contribution in [1.82, 2.24) is 15.1 Å². The highest BCUT2D eigenvalue weighted by Gasteiger charge is 2.47. The first kappa shape index (κ1) is 12.9. The Hall–Kier alpha value is -1.10. The van der Waals surface area contributed by atoms with Gasteiger partial charge in [0.1, 0.15) is 12.1 Å². The van der Waals surface area contributed by atoms with Gasteiger partial charge in [-0.25, -0.2) is 0 Å². The smallest absolute Gasteiger partial charge is 0.246 e. The van der Waals surface area contributed by atoms with Crippen molar-refractivity contribution in [3.8, 4) is 0 Å². The molecular formula is C14H23N3O2. The highest BCUT2D eigenvalue weighted by molar-refractivity contribution is 5.97. The van der Waals surface area contributed by atoms with Crippen LogP contribution in [0.1, 0.15) is 39.5 Å². The number of nitrogens with zero attached hydrogens (tertiary/aromatic N) is 2. The standard InChI is InChI=1S/C14H23N3O2/c1-3-10-14(19)17(9(2)13(18)15-10)12-6-8-16-7-4-5-11(12)16/h9-12H,3-8H2,1-2H3,(H,15,18). The number of amides is 2. The maximum atomic E-state index is 12.6. The maximum absolute atomic E-state index is 12.6. The van der Waals surface area contributed by atoms with Gasteiger partial charge in [-0.3, -0.25) is 14.5 Å². The monoisotopic (exact) mass is 265 g/mol. The molecule has 0 aliphatic carbocycles. The van der Waals surface area contributed by atoms with E-state index < -0.39 is 0 Å². The molecule has 2 amide bonds. The summed E-state index contributed by atoms with van der Waals surface area (Å²) in [5.74, 6) is 0.122. The Kier molecular flexibility index (Phi) is 3.25. The predicted molar refractivity (Wildman–Crippen MR) is 71.5 cm³/mol. The average molecular weight is 265 g/mol. The van der Waals surface area contributed by atoms with Gasteiger partial charge in [0.05, 0.1) is 0 Å². The van der Waals surface area contributed by atoms with E-state index in [1.807, 2.05) is 18.7 Å². The number of hydrogen-bond acceptors (Lipinski definition) is 3. The third kappa shape index (κ3) is 1.95. The molecule has 3 rings (SSSR count). The molecule has 0 aromatic carbocycles. The Labute approximate surface area is 114 Å². The quantitative estimate of drug-likeness (QED) is 0.784. The van der Waals surface area contributed by atoms with E-state index in [0.29, 0.717) is 12.5 Å². The van der Waals surface area contributed by atoms with Gasteiger partial charge in [0.25, 0.3) is 0 Å². The van der Waals surface area contributed by atoms with Crippen LogP contribution in [-0.2, 0) is 9.59 Å². The minimum absolute atomic E-state index is 0.00268. The Morgan fingerprint density at radius 1 is 1.21 bits per heavy atom. The number of hydrogen-bond donors (Lipinski definition) is 1. The molecule has 3 fully saturated rings. The molecule has 0 aromatic rings. The van der Waals surface area contributed by atoms with Gasteiger partial charge in [0, 0.05) is 18.6 Å². The summed E-state index contributed by atoms with van der Waals surface area (Å²) in [7, 11) is 0. The lowest BCUT2D eigenvalue weighted by atomic mass is 9.98. The van der Waals surface area contributed by atoms with Crippen molar-refractivity contribution in [2.24, 2.45) is 0 Å². The molecule has 0 aromatic heterocycles. The van der Waals surface area contributed by atoms with Crippen LogP contribution in [0.3, 0.4) is 0 Å². The molecule has 0 radical (unpaired) electrons. The molecule has 0 spiro atoms. The lowest BCUT2D eigenvalue weighted by Gasteiger charge is -2.42. The largest absolute Gasteiger partial charge is 0.343 e. The molecule has 19 heavy (non-hydrogen) atoms. The first-order chi connectivity index (χ1) is 9.13. The van der Waals surface area contributed by atoms with Crippen molar-refractivity contribution in [3.63, 3.8) is 0 Å². The third-order valence-electron chi connectivity index (χ3n) is 5.00. The summed E-state index contributed by atoms with van der Waals surface area (Å²) in [6.07, 6.45) is 4.08. The number of nitrogens with one attached hydrogen (secondary N) is 1. The SMILES string of the molecule is CCC1NC(=O)C(C)N(C2CCN3CCCC23)C1=O. The lowest BCUT2D eigenvalue weighted by molar-refractivity contribution is -0.152. The summed E-state index contributed by atoms with van der Waals surface area (Å²) in [6.45, 7) is 6.04. The van der Waals surface area contributed by atoms with Crippen LogP contribution >= 0.6 is 0 Å². The summed E-state index contributed by atoms with van der Waals surface area (Å²) >= 11 is 0. The number of piperazine rings is 1. The Balaban J connectivity index is 1.84. The van der Waals surface area contributed by atoms with Crippen molar-refractivity contribution < 1.29 is 9.59 Å². The van der Waals surface area contributed by atoms with Crippen LogP contribution in [0.15, 0.2) is 0 Å². The number of rotatable bonds is 2. The molecule has 0 saturated carbocycles. The van der Waals surface area contributed by atoms with E-state index in [2.05, 4.69) is 10.2 Å². The van der Waals surface area contributed by atoms with Crippen molar-refractivity contribution in [1.29, 1.82) is 0 Å². The molecule has 3 aliphatic rings. The first-order valence-electron chi connectivity index (χ1n) is 7.50. The van der Waals surface area contributed by atoms with Crippen LogP contribution in [0.2, 0.25) is 0 Å². The molecule has 5 heteroatoms. The second-order valence-electron chi connectivity index (χ2n) is 5.99. The summed E-state index contributed by atoms with van der Waals surface area (Å²) in [5.41, 5.74) is 0. The number of fused-ring (bicyclic) bond motifs is 1. The average Bonchev–Trinajstić information content (AvgIpc) is 2.98. The van der Waals surface area contributed by atoms with Gasteiger partial charge in [-0.2, -0.15) is 0 Å². The maximum Gasteiger partial charge on any atom is 0.246 e. The Morgan fingerprint density at radius 2 is 2.00 bits per heavy atom. The molecule has 1 N–H and O–H groups in total. The van der Waals surface area contributed by atoms with Crippen LogP contribution in [0.25, 0.3) is 0 Å². The van der Waals surface area contributed by atoms with Crippen molar-refractivity contribution in [2.45, 2.75) is 63.7 Å². The third-order valence-corrected chi connectivity index (χ3v) is 5.00. The van der Waals surface area contributed by atoms with Gasteiger partial charge in [0.2, 0.25) is 11.8 Å². The number of carbonyl (C=O) groups is 2. The highest BCUT2D eigenvalue weighted by atomic mass is 16.2. The zero-order valence-electron chi connectivity index (χ0n) is 11.8. The molecule has 5 nitrogen and oxygen atoms in total. The molecule has 106 valence electrons. The van der Waals surface area contributed by atoms with E-state index >= 15 is 0 Å². The van der Waals surface area contributed by atoms with E-state index in [1.54, 1.807) is 0 Å². The fraction of sp³-hybridized carbons (Fsp3) is 0.857. The van der Waals surface area contributed by atoms with Gasteiger partial charge in [-0.05, 0) is 39.2 Å². The van der Waals surface area contributed by atoms with Gasteiger partial charge in [-0.1, -0.05) is 6.92 Å². The molecule has 0 bridgehead atoms. The molecule has 4 unspecified atom stereocenters. The lowest BCUT2D eigenvalue weighted by Crippen LogP contribution is -2.66. The van der Waals surface area contributed by atoms with E-state index in [0.717, 1.165) is 19.5 Å². The van der Waals surface area contributed by atoms with Crippen LogP contribution in [-0.4, -0.2) is 58.9 Å². The van der Waals surface area contributed by atoms with Crippen LogP contribution in [0, 0.1) is 0 Å². The van der Waals surface area contributed by atoms with Gasteiger partial charge in [-0.15, -0.1) is 0 Å². The first-order valence-corrected chi connectivity index (χ1v) is 7.50. The normalized spacial score (nSPS) is 39.6. The second-order valence-corrected chi connectivity index (χ2v) is 5.99. The fourth-order valence-electron chi connectivity index (χ4n) is 3.96. The van der Waals surface area contributed by atoms with Gasteiger partial charge < -0.3 is 10.2 Å². The molecule has 3 heterocycles. The van der Waals surface area contributed by atoms with Crippen LogP contribution in [0.4, 0.5) is 0 Å². The summed E-state index contributed by atoms with van der Waals surface area (Å²) in [5, 5.41) is 2.83. The van der Waals surface area contributed by atoms with Crippen LogP contribution in [0.5, 0.6) is 0 Å². The minimum atomic E-state index is -0.320. The minimum Gasteiger partial charge on any atom is -0.343 e. The molecule has 3 saturated heterocycles. The van der Waals surface area contributed by atoms with Crippen molar-refractivity contribution in [3.05, 3.63) is 0 Å². The summed E-state index contributed by atoms with van der Waals surface area (Å²) < 4.78 is 0. The summed E-state index contributed by atoms with van der Waals surface area (Å²) in [6, 6.07) is 0.0832. The second kappa shape index (κ2) is 4.78. The highest BCUT2D eigenvalue weighted by Crippen LogP contribution is 2.33. The van der Waals surface area contributed by atoms with Crippen molar-refractivity contribution in [2.75, 3.05) is 13.1 Å². The predicted octanol–water partition coefficient (Wildman–Crippen LogP) is 0.349. The van der Waals surface area contributed by atoms with E-state index in [1.165, 1.54) is 12.8 Å². The molecular weight excluding hydrogens is 242 g/mol. The van der Waals surface area contributed by atoms with Crippen LogP contribution < -0.4 is 5.32 Å². The topological polar surface area (TPSA) is 52.7 Å². The Bertz CT molecular complexity index is 398. The zero-order chi connectivity index (χ0) is 13.6. The Morgan fingerprint density at radius 3 is 2.74 bits per heavy atom. The number of carbonyl (C=O) groups excluding carboxylic acids is 2. The van der Waals surface area contributed by atoms with Gasteiger partial charge >= 0.3 is 0 Å². The molecule has 4 atom stereocenters. The van der Waals surface area contributed by atoms with Crippen molar-refractivity contribution >= 4 is 11.8 Å². The van der Waals surface area contributed by atoms with E-state index in [9.17, 15) is 9.59 Å². The summed E-state index contributed by atoms with van der Waals surface area (Å²) in [4.78, 5) is 29.0. The van der Waals surface area contributed by atoms with E-state index in [-0.39, 0.29) is 29.9 Å². The zero-order valence-corrected chi connectivity index (χ0v) is 11.8.